The summed E-state index contributed by atoms with van der Waals surface area (Å²) in [6, 6.07) is 19.9. The number of nitrogens with one attached hydrogen (secondary N) is 1. The van der Waals surface area contributed by atoms with Crippen molar-refractivity contribution in [2.75, 3.05) is 39.7 Å². The number of nitrogens with zero attached hydrogens (tertiary/aromatic N) is 1. The highest BCUT2D eigenvalue weighted by atomic mass is 32.2. The number of ether oxygens (including phenoxy) is 4. The molecule has 2 aliphatic rings. The van der Waals surface area contributed by atoms with E-state index in [2.05, 4.69) is 22.3 Å². The van der Waals surface area contributed by atoms with Gasteiger partial charge in [-0.05, 0) is 43.9 Å². The van der Waals surface area contributed by atoms with E-state index in [1.165, 1.54) is 18.1 Å². The number of rotatable bonds is 8. The van der Waals surface area contributed by atoms with Gasteiger partial charge in [-0.2, -0.15) is 0 Å². The maximum absolute atomic E-state index is 11.7. The third-order valence-corrected chi connectivity index (χ3v) is 8.65. The molecule has 0 radical (unpaired) electrons. The van der Waals surface area contributed by atoms with E-state index in [-0.39, 0.29) is 16.1 Å². The molecule has 12 heteroatoms. The molecule has 0 fully saturated rings. The van der Waals surface area contributed by atoms with Crippen LogP contribution in [0.2, 0.25) is 0 Å². The van der Waals surface area contributed by atoms with Crippen molar-refractivity contribution in [1.29, 1.82) is 0 Å². The van der Waals surface area contributed by atoms with E-state index < -0.39 is 26.0 Å². The van der Waals surface area contributed by atoms with Gasteiger partial charge in [-0.25, -0.2) is 16.8 Å². The van der Waals surface area contributed by atoms with Crippen LogP contribution in [0.1, 0.15) is 16.7 Å². The molecule has 3 aromatic rings. The topological polar surface area (TPSA) is 120 Å². The van der Waals surface area contributed by atoms with Crippen LogP contribution in [-0.2, 0) is 48.9 Å². The van der Waals surface area contributed by atoms with Crippen molar-refractivity contribution in [3.63, 3.8) is 0 Å². The Balaban J connectivity index is 0.000000201. The summed E-state index contributed by atoms with van der Waals surface area (Å²) >= 11 is 0. The average molecular weight is 605 g/mol. The number of hydrogen-bond acceptors (Lipinski definition) is 10. The second-order valence-electron chi connectivity index (χ2n) is 10.0. The molecule has 0 saturated carbocycles. The number of benzene rings is 3. The maximum atomic E-state index is 11.7. The SMILES string of the molecule is CN(Cc1ccccc1)CC1OCc2ccc(S(C)(=O)=O)cc2O1.CNCC1OCc2ccc(S(C)(=O)=O)cc2O1. The Morgan fingerprint density at radius 2 is 1.29 bits per heavy atom. The third-order valence-electron chi connectivity index (χ3n) is 6.43. The van der Waals surface area contributed by atoms with E-state index in [1.54, 1.807) is 43.4 Å². The molecule has 0 bridgehead atoms. The highest BCUT2D eigenvalue weighted by Crippen LogP contribution is 2.30. The minimum absolute atomic E-state index is 0.263. The Labute approximate surface area is 242 Å². The maximum Gasteiger partial charge on any atom is 0.213 e. The highest BCUT2D eigenvalue weighted by molar-refractivity contribution is 7.91. The standard InChI is InChI=1S/C18H21NO4S.C11H15NO4S/c1-19(11-14-6-4-3-5-7-14)12-18-22-13-15-8-9-16(24(2,20)21)10-17(15)23-18;1-12-6-11-15-7-8-3-4-9(17(2,13)14)5-10(8)16-11/h3-10,18H,11-13H2,1-2H3;3-5,11-12H,6-7H2,1-2H3. The number of likely N-dealkylation sites (N-methyl/N-ethyl adjacent to an activating group) is 2. The number of sulfone groups is 2. The molecule has 5 rings (SSSR count). The van der Waals surface area contributed by atoms with E-state index in [1.807, 2.05) is 25.2 Å². The number of hydrogen-bond donors (Lipinski definition) is 1. The van der Waals surface area contributed by atoms with E-state index in [4.69, 9.17) is 18.9 Å². The lowest BCUT2D eigenvalue weighted by Gasteiger charge is -2.29. The fourth-order valence-corrected chi connectivity index (χ4v) is 5.55. The second kappa shape index (κ2) is 13.3. The molecule has 0 spiro atoms. The summed E-state index contributed by atoms with van der Waals surface area (Å²) in [6.45, 7) is 2.80. The molecule has 0 aliphatic carbocycles. The van der Waals surface area contributed by atoms with Crippen molar-refractivity contribution in [2.45, 2.75) is 42.1 Å². The lowest BCUT2D eigenvalue weighted by Crippen LogP contribution is -2.37. The molecule has 2 atom stereocenters. The highest BCUT2D eigenvalue weighted by Gasteiger charge is 2.24. The van der Waals surface area contributed by atoms with E-state index in [9.17, 15) is 16.8 Å². The van der Waals surface area contributed by atoms with Crippen molar-refractivity contribution in [2.24, 2.45) is 0 Å². The van der Waals surface area contributed by atoms with Gasteiger partial charge in [0.15, 0.2) is 19.7 Å². The van der Waals surface area contributed by atoms with Crippen molar-refractivity contribution >= 4 is 19.7 Å². The third kappa shape index (κ3) is 8.74. The van der Waals surface area contributed by atoms with Gasteiger partial charge in [-0.1, -0.05) is 42.5 Å². The van der Waals surface area contributed by atoms with Crippen LogP contribution in [0.4, 0.5) is 0 Å². The number of fused-ring (bicyclic) bond motifs is 2. The molecule has 2 aliphatic heterocycles. The Morgan fingerprint density at radius 1 is 0.780 bits per heavy atom. The van der Waals surface area contributed by atoms with E-state index in [0.717, 1.165) is 17.7 Å². The van der Waals surface area contributed by atoms with Crippen molar-refractivity contribution in [3.05, 3.63) is 83.4 Å². The van der Waals surface area contributed by atoms with Crippen LogP contribution in [0, 0.1) is 0 Å². The van der Waals surface area contributed by atoms with Gasteiger partial charge in [-0.15, -0.1) is 0 Å². The van der Waals surface area contributed by atoms with Gasteiger partial charge in [-0.3, -0.25) is 4.90 Å². The van der Waals surface area contributed by atoms with Crippen LogP contribution in [0.15, 0.2) is 76.5 Å². The van der Waals surface area contributed by atoms with Gasteiger partial charge in [0, 0.05) is 30.2 Å². The lowest BCUT2D eigenvalue weighted by atomic mass is 10.2. The van der Waals surface area contributed by atoms with Crippen LogP contribution < -0.4 is 14.8 Å². The predicted molar refractivity (Wildman–Crippen MR) is 154 cm³/mol. The summed E-state index contributed by atoms with van der Waals surface area (Å²) in [5.74, 6) is 1.17. The molecular formula is C29H36N2O8S2. The van der Waals surface area contributed by atoms with Crippen molar-refractivity contribution in [1.82, 2.24) is 10.2 Å². The first kappa shape index (κ1) is 30.9. The van der Waals surface area contributed by atoms with Gasteiger partial charge >= 0.3 is 0 Å². The Bertz CT molecular complexity index is 1550. The molecule has 0 saturated heterocycles. The first-order chi connectivity index (χ1) is 19.4. The predicted octanol–water partition coefficient (Wildman–Crippen LogP) is 3.00. The van der Waals surface area contributed by atoms with Gasteiger partial charge in [0.2, 0.25) is 12.6 Å². The smallest absolute Gasteiger partial charge is 0.213 e. The van der Waals surface area contributed by atoms with Crippen LogP contribution in [0.3, 0.4) is 0 Å². The molecule has 0 aromatic heterocycles. The minimum Gasteiger partial charge on any atom is -0.463 e. The molecule has 10 nitrogen and oxygen atoms in total. The summed E-state index contributed by atoms with van der Waals surface area (Å²) in [6.07, 6.45) is 1.58. The first-order valence-corrected chi connectivity index (χ1v) is 16.8. The largest absolute Gasteiger partial charge is 0.463 e. The zero-order valence-electron chi connectivity index (χ0n) is 23.6. The second-order valence-corrected chi connectivity index (χ2v) is 14.1. The summed E-state index contributed by atoms with van der Waals surface area (Å²) in [7, 11) is -2.65. The summed E-state index contributed by atoms with van der Waals surface area (Å²) < 4.78 is 68.8. The fourth-order valence-electron chi connectivity index (χ4n) is 4.28. The first-order valence-electron chi connectivity index (χ1n) is 13.0. The molecule has 1 N–H and O–H groups in total. The average Bonchev–Trinajstić information content (AvgIpc) is 2.92. The fraction of sp³-hybridized carbons (Fsp3) is 0.379. The van der Waals surface area contributed by atoms with Crippen molar-refractivity contribution in [3.8, 4) is 11.5 Å². The van der Waals surface area contributed by atoms with Gasteiger partial charge in [0.1, 0.15) is 11.5 Å². The Morgan fingerprint density at radius 3 is 1.80 bits per heavy atom. The van der Waals surface area contributed by atoms with E-state index >= 15 is 0 Å². The van der Waals surface area contributed by atoms with Crippen LogP contribution in [-0.4, -0.2) is 74.0 Å². The lowest BCUT2D eigenvalue weighted by molar-refractivity contribution is -0.119. The zero-order valence-corrected chi connectivity index (χ0v) is 25.2. The summed E-state index contributed by atoms with van der Waals surface area (Å²) in [5, 5.41) is 2.94. The van der Waals surface area contributed by atoms with Gasteiger partial charge in [0.05, 0.1) is 36.1 Å². The summed E-state index contributed by atoms with van der Waals surface area (Å²) in [4.78, 5) is 2.65. The molecule has 222 valence electrons. The normalized spacial score (nSPS) is 18.3. The molecule has 3 aromatic carbocycles. The monoisotopic (exact) mass is 604 g/mol. The van der Waals surface area contributed by atoms with Gasteiger partial charge in [0.25, 0.3) is 0 Å². The zero-order chi connectivity index (χ0) is 29.6. The molecule has 41 heavy (non-hydrogen) atoms. The van der Waals surface area contributed by atoms with Crippen LogP contribution in [0.25, 0.3) is 0 Å². The quantitative estimate of drug-likeness (QED) is 0.411. The van der Waals surface area contributed by atoms with Crippen molar-refractivity contribution < 1.29 is 35.8 Å². The Hall–Kier alpha value is -3.00. The minimum atomic E-state index is -3.25. The molecule has 0 amide bonds. The Kier molecular flexibility index (Phi) is 10.1. The summed E-state index contributed by atoms with van der Waals surface area (Å²) in [5.41, 5.74) is 2.95. The molecule has 2 unspecified atom stereocenters. The molecule has 2 heterocycles. The molecular weight excluding hydrogens is 568 g/mol. The van der Waals surface area contributed by atoms with E-state index in [0.29, 0.717) is 37.8 Å². The van der Waals surface area contributed by atoms with Gasteiger partial charge < -0.3 is 24.3 Å². The van der Waals surface area contributed by atoms with Crippen LogP contribution >= 0.6 is 0 Å². The van der Waals surface area contributed by atoms with Crippen LogP contribution in [0.5, 0.6) is 11.5 Å².